The molecule has 1 aliphatic heterocycles. The molecular formula is C50H97NO12S. The second kappa shape index (κ2) is 40.8. The van der Waals surface area contributed by atoms with Gasteiger partial charge in [0.25, 0.3) is 0 Å². The van der Waals surface area contributed by atoms with Gasteiger partial charge in [-0.2, -0.15) is 8.42 Å². The van der Waals surface area contributed by atoms with E-state index in [0.29, 0.717) is 19.3 Å². The van der Waals surface area contributed by atoms with Crippen molar-refractivity contribution < 1.29 is 57.0 Å². The zero-order valence-corrected chi connectivity index (χ0v) is 41.3. The number of aliphatic hydroxyl groups excluding tert-OH is 5. The predicted octanol–water partition coefficient (Wildman–Crippen LogP) is 10.1. The topological polar surface area (TPSA) is 212 Å². The first-order valence-corrected chi connectivity index (χ1v) is 27.5. The van der Waals surface area contributed by atoms with Crippen LogP contribution in [0, 0.1) is 0 Å². The molecule has 7 N–H and O–H groups in total. The molecule has 0 aromatic rings. The van der Waals surface area contributed by atoms with E-state index in [4.69, 9.17) is 9.47 Å². The van der Waals surface area contributed by atoms with E-state index in [0.717, 1.165) is 57.8 Å². The van der Waals surface area contributed by atoms with Gasteiger partial charge in [0.05, 0.1) is 25.4 Å². The molecule has 1 amide bonds. The number of hydrogen-bond donors (Lipinski definition) is 7. The quantitative estimate of drug-likeness (QED) is 0.0173. The normalized spacial score (nSPS) is 20.8. The van der Waals surface area contributed by atoms with E-state index in [1.165, 1.54) is 141 Å². The minimum atomic E-state index is -5.11. The molecule has 14 heteroatoms. The van der Waals surface area contributed by atoms with Crippen molar-refractivity contribution in [3.05, 3.63) is 12.2 Å². The van der Waals surface area contributed by atoms with Crippen molar-refractivity contribution in [2.24, 2.45) is 0 Å². The number of hydrogen-bond acceptors (Lipinski definition) is 11. The van der Waals surface area contributed by atoms with Crippen LogP contribution in [0.25, 0.3) is 0 Å². The molecule has 0 aromatic heterocycles. The van der Waals surface area contributed by atoms with Gasteiger partial charge in [0.2, 0.25) is 5.91 Å². The Morgan fingerprint density at radius 2 is 1.00 bits per heavy atom. The average Bonchev–Trinajstić information content (AvgIpc) is 3.27. The van der Waals surface area contributed by atoms with E-state index in [1.807, 2.05) is 0 Å². The lowest BCUT2D eigenvalue weighted by atomic mass is 9.99. The number of aliphatic hydroxyl groups is 5. The van der Waals surface area contributed by atoms with Crippen LogP contribution >= 0.6 is 0 Å². The number of amides is 1. The van der Waals surface area contributed by atoms with Crippen LogP contribution in [0.3, 0.4) is 0 Å². The molecule has 0 radical (unpaired) electrons. The van der Waals surface area contributed by atoms with Gasteiger partial charge in [-0.05, 0) is 38.5 Å². The van der Waals surface area contributed by atoms with Crippen molar-refractivity contribution in [2.75, 3.05) is 13.2 Å². The number of ether oxygens (including phenoxy) is 2. The van der Waals surface area contributed by atoms with Crippen LogP contribution in [0.1, 0.15) is 239 Å². The van der Waals surface area contributed by atoms with E-state index in [1.54, 1.807) is 0 Å². The Hall–Kier alpha value is -1.20. The van der Waals surface area contributed by atoms with E-state index < -0.39 is 78.5 Å². The summed E-state index contributed by atoms with van der Waals surface area (Å²) in [5.74, 6) is -0.672. The van der Waals surface area contributed by atoms with Crippen LogP contribution < -0.4 is 5.32 Å². The highest BCUT2D eigenvalue weighted by molar-refractivity contribution is 7.80. The van der Waals surface area contributed by atoms with Gasteiger partial charge < -0.3 is 40.3 Å². The predicted molar refractivity (Wildman–Crippen MR) is 256 cm³/mol. The number of unbranched alkanes of at least 4 members (excludes halogenated alkanes) is 30. The van der Waals surface area contributed by atoms with Gasteiger partial charge in [-0.15, -0.1) is 0 Å². The lowest BCUT2D eigenvalue weighted by Crippen LogP contribution is -2.61. The van der Waals surface area contributed by atoms with Crippen molar-refractivity contribution >= 4 is 16.3 Å². The molecule has 1 saturated heterocycles. The van der Waals surface area contributed by atoms with Crippen LogP contribution in [0.4, 0.5) is 0 Å². The second-order valence-electron chi connectivity index (χ2n) is 18.6. The number of allylic oxidation sites excluding steroid dienone is 2. The Balaban J connectivity index is 2.44. The molecule has 0 spiro atoms. The summed E-state index contributed by atoms with van der Waals surface area (Å²) in [5, 5.41) is 55.5. The fourth-order valence-electron chi connectivity index (χ4n) is 8.52. The zero-order valence-electron chi connectivity index (χ0n) is 40.5. The summed E-state index contributed by atoms with van der Waals surface area (Å²) < 4.78 is 47.7. The molecule has 1 rings (SSSR count). The van der Waals surface area contributed by atoms with Crippen molar-refractivity contribution in [1.29, 1.82) is 0 Å². The fraction of sp³-hybridized carbons (Fsp3) is 0.940. The zero-order chi connectivity index (χ0) is 47.1. The van der Waals surface area contributed by atoms with E-state index >= 15 is 0 Å². The molecule has 64 heavy (non-hydrogen) atoms. The fourth-order valence-corrected chi connectivity index (χ4v) is 9.03. The van der Waals surface area contributed by atoms with Gasteiger partial charge >= 0.3 is 10.4 Å². The Kier molecular flexibility index (Phi) is 38.8. The third-order valence-corrected chi connectivity index (χ3v) is 13.1. The minimum Gasteiger partial charge on any atom is -0.394 e. The first kappa shape index (κ1) is 60.8. The first-order chi connectivity index (χ1) is 30.9. The molecule has 0 aromatic carbocycles. The maximum absolute atomic E-state index is 13.2. The summed E-state index contributed by atoms with van der Waals surface area (Å²) in [6, 6.07) is -1.03. The van der Waals surface area contributed by atoms with Crippen LogP contribution in [0.2, 0.25) is 0 Å². The molecule has 1 aliphatic rings. The maximum atomic E-state index is 13.2. The van der Waals surface area contributed by atoms with Gasteiger partial charge in [0, 0.05) is 0 Å². The van der Waals surface area contributed by atoms with Crippen molar-refractivity contribution in [3.63, 3.8) is 0 Å². The molecule has 0 bridgehead atoms. The maximum Gasteiger partial charge on any atom is 0.397 e. The van der Waals surface area contributed by atoms with Gasteiger partial charge in [-0.25, -0.2) is 4.18 Å². The standard InChI is InChI=1S/C50H97NO12S/c1-3-5-7-9-11-13-15-17-18-19-20-21-22-23-24-25-27-29-31-33-35-37-39-44(54)49(57)51-42(43(53)38-36-34-32-30-28-26-16-14-12-10-8-6-4-2)41-61-50-47(56)48(63-64(58,59)60)46(55)45(40-52)62-50/h23-24,42-48,50,52-56H,3-22,25-41H2,1-2H3,(H,51,57)(H,58,59,60)/b24-23-. The summed E-state index contributed by atoms with van der Waals surface area (Å²) in [5.41, 5.74) is 0. The molecule has 1 fully saturated rings. The third-order valence-electron chi connectivity index (χ3n) is 12.7. The van der Waals surface area contributed by atoms with E-state index in [-0.39, 0.29) is 6.42 Å². The highest BCUT2D eigenvalue weighted by atomic mass is 32.3. The second-order valence-corrected chi connectivity index (χ2v) is 19.7. The number of carbonyl (C=O) groups is 1. The molecule has 8 atom stereocenters. The summed E-state index contributed by atoms with van der Waals surface area (Å²) in [6.45, 7) is 3.29. The van der Waals surface area contributed by atoms with Crippen molar-refractivity contribution in [2.45, 2.75) is 288 Å². The highest BCUT2D eigenvalue weighted by Crippen LogP contribution is 2.26. The largest absolute Gasteiger partial charge is 0.397 e. The van der Waals surface area contributed by atoms with E-state index in [2.05, 4.69) is 35.5 Å². The van der Waals surface area contributed by atoms with Crippen molar-refractivity contribution in [3.8, 4) is 0 Å². The van der Waals surface area contributed by atoms with Gasteiger partial charge in [-0.1, -0.05) is 212 Å². The molecule has 380 valence electrons. The van der Waals surface area contributed by atoms with Crippen LogP contribution in [-0.2, 0) is 28.9 Å². The average molecular weight is 936 g/mol. The first-order valence-electron chi connectivity index (χ1n) is 26.2. The number of nitrogens with one attached hydrogen (secondary N) is 1. The Morgan fingerprint density at radius 3 is 1.41 bits per heavy atom. The van der Waals surface area contributed by atoms with Crippen LogP contribution in [-0.4, -0.2) is 107 Å². The molecule has 8 unspecified atom stereocenters. The number of rotatable bonds is 45. The number of carbonyl (C=O) groups excluding carboxylic acids is 1. The smallest absolute Gasteiger partial charge is 0.394 e. The molecule has 0 aliphatic carbocycles. The van der Waals surface area contributed by atoms with E-state index in [9.17, 15) is 43.3 Å². The van der Waals surface area contributed by atoms with Gasteiger partial charge in [-0.3, -0.25) is 9.35 Å². The Bertz CT molecular complexity index is 1210. The van der Waals surface area contributed by atoms with Crippen LogP contribution in [0.15, 0.2) is 12.2 Å². The molecule has 13 nitrogen and oxygen atoms in total. The lowest BCUT2D eigenvalue weighted by molar-refractivity contribution is -0.298. The molecule has 1 heterocycles. The minimum absolute atomic E-state index is 0.255. The van der Waals surface area contributed by atoms with Gasteiger partial charge in [0.15, 0.2) is 6.29 Å². The Labute approximate surface area is 390 Å². The van der Waals surface area contributed by atoms with Gasteiger partial charge in [0.1, 0.15) is 30.5 Å². The summed E-state index contributed by atoms with van der Waals surface area (Å²) in [4.78, 5) is 13.2. The van der Waals surface area contributed by atoms with Crippen molar-refractivity contribution in [1.82, 2.24) is 5.32 Å². The Morgan fingerprint density at radius 1 is 0.609 bits per heavy atom. The highest BCUT2D eigenvalue weighted by Gasteiger charge is 2.48. The summed E-state index contributed by atoms with van der Waals surface area (Å²) >= 11 is 0. The monoisotopic (exact) mass is 936 g/mol. The lowest BCUT2D eigenvalue weighted by Gasteiger charge is -2.41. The molecule has 0 saturated carbocycles. The summed E-state index contributed by atoms with van der Waals surface area (Å²) in [6.07, 6.45) is 34.0. The summed E-state index contributed by atoms with van der Waals surface area (Å²) in [7, 11) is -5.11. The third kappa shape index (κ3) is 32.5. The molecular weight excluding hydrogens is 839 g/mol. The SMILES string of the molecule is CCCCCCCCCCCCCC/C=C\CCCCCCCCC(O)C(=O)NC(COC1OC(CO)C(O)C(OS(=O)(=O)O)C1O)C(O)CCCCCCCCCCCCCCC. The van der Waals surface area contributed by atoms with Crippen LogP contribution in [0.5, 0.6) is 0 Å².